The topological polar surface area (TPSA) is 346 Å². The van der Waals surface area contributed by atoms with Gasteiger partial charge in [-0.05, 0) is 56.5 Å². The quantitative estimate of drug-likeness (QED) is 0.0355. The zero-order valence-electron chi connectivity index (χ0n) is 49.9. The van der Waals surface area contributed by atoms with Gasteiger partial charge in [-0.25, -0.2) is 24.5 Å². The Labute approximate surface area is 512 Å². The van der Waals surface area contributed by atoms with E-state index in [-0.39, 0.29) is 60.7 Å². The molecule has 0 spiro atoms. The number of anilines is 2. The summed E-state index contributed by atoms with van der Waals surface area (Å²) in [5.74, 6) is -0.135. The number of fused-ring (bicyclic) bond motifs is 1. The van der Waals surface area contributed by atoms with E-state index in [0.717, 1.165) is 19.3 Å². The molecule has 3 N–H and O–H groups in total. The smallest absolute Gasteiger partial charge is 0.351 e. The van der Waals surface area contributed by atoms with Crippen LogP contribution in [0.2, 0.25) is 0 Å². The van der Waals surface area contributed by atoms with E-state index >= 15 is 0 Å². The van der Waals surface area contributed by atoms with Crippen molar-refractivity contribution in [1.29, 1.82) is 15.8 Å². The molecule has 27 nitrogen and oxygen atoms in total. The van der Waals surface area contributed by atoms with Crippen molar-refractivity contribution in [2.45, 2.75) is 141 Å². The fourth-order valence-electron chi connectivity index (χ4n) is 9.41. The molecule has 9 rings (SSSR count). The standard InChI is InChI=1S/C22H25N6O4P.C21H25N4O5P.C15H22N3O5P/c1-3-16-12-17(32-33(2)30-11-7-10-23)22(31-16)28-14-26-18-19(24-13-25-20(18)28)27-21(29)15-8-5-4-6-9-15;1-3-16-14-17(30-31(2)28-13-7-11-22)20(29-16)25-12-10-18(24-21(25)27)23-19(26)15-8-5-4-6-9-15;1-4-11-8-12(23-24(3)21-7-5-6-16)14(22-11)18-9-10(2)13(19)17-15(18)20/h4-6,8-9,13-14,16-17,22H,3,7,11-12H2,1-2H3,(H,24,25,27,29);4-6,8-10,12,16-17,20H,3,7,13-14H2,1-2H3,(H,23,24,26,27);9,11-12,14H,4-5,7-8H2,1-3H3,(H,17,19,20)/t16-,17+,22-,33?;16-,17+,20-,31?;11-,12+,14-,24?/m111/s1. The molecule has 0 saturated carbocycles. The van der Waals surface area contributed by atoms with Crippen LogP contribution in [0.3, 0.4) is 0 Å². The third-order valence-electron chi connectivity index (χ3n) is 13.8. The van der Waals surface area contributed by atoms with E-state index in [1.807, 2.05) is 62.7 Å². The van der Waals surface area contributed by atoms with Crippen LogP contribution in [0.15, 0.2) is 106 Å². The zero-order chi connectivity index (χ0) is 63.1. The number of hydrogen-bond donors (Lipinski definition) is 3. The van der Waals surface area contributed by atoms with Crippen LogP contribution in [-0.2, 0) is 41.4 Å². The van der Waals surface area contributed by atoms with Crippen LogP contribution >= 0.6 is 25.1 Å². The van der Waals surface area contributed by atoms with Crippen molar-refractivity contribution in [3.05, 3.63) is 140 Å². The number of nitriles is 3. The van der Waals surface area contributed by atoms with E-state index in [2.05, 4.69) is 48.5 Å². The van der Waals surface area contributed by atoms with Crippen LogP contribution < -0.4 is 27.6 Å². The molecule has 3 aliphatic heterocycles. The largest absolute Gasteiger partial charge is 0.352 e. The molecule has 0 aliphatic carbocycles. The van der Waals surface area contributed by atoms with Crippen LogP contribution in [0.25, 0.3) is 11.2 Å². The van der Waals surface area contributed by atoms with Crippen molar-refractivity contribution in [2.24, 2.45) is 0 Å². The highest BCUT2D eigenvalue weighted by molar-refractivity contribution is 7.46. The normalized spacial score (nSPS) is 22.2. The Morgan fingerprint density at radius 1 is 0.636 bits per heavy atom. The van der Waals surface area contributed by atoms with Gasteiger partial charge in [0.2, 0.25) is 0 Å². The van der Waals surface area contributed by atoms with Gasteiger partial charge in [-0.2, -0.15) is 20.8 Å². The van der Waals surface area contributed by atoms with Crippen LogP contribution in [0.4, 0.5) is 11.6 Å². The highest BCUT2D eigenvalue weighted by Crippen LogP contribution is 2.46. The summed E-state index contributed by atoms with van der Waals surface area (Å²) in [6.45, 7) is 14.1. The van der Waals surface area contributed by atoms with Crippen molar-refractivity contribution in [3.8, 4) is 18.2 Å². The summed E-state index contributed by atoms with van der Waals surface area (Å²) < 4.78 is 57.6. The minimum atomic E-state index is -1.22. The second-order valence-electron chi connectivity index (χ2n) is 20.0. The maximum Gasteiger partial charge on any atom is 0.351 e. The van der Waals surface area contributed by atoms with Gasteiger partial charge < -0.3 is 52.0 Å². The van der Waals surface area contributed by atoms with E-state index in [1.165, 1.54) is 21.7 Å². The van der Waals surface area contributed by atoms with Crippen molar-refractivity contribution >= 4 is 59.7 Å². The van der Waals surface area contributed by atoms with Gasteiger partial charge in [-0.3, -0.25) is 33.1 Å². The van der Waals surface area contributed by atoms with Gasteiger partial charge in [-0.15, -0.1) is 0 Å². The first-order chi connectivity index (χ1) is 42.6. The minimum Gasteiger partial charge on any atom is -0.352 e. The maximum absolute atomic E-state index is 12.7. The predicted octanol–water partition coefficient (Wildman–Crippen LogP) is 9.28. The number of hydrogen-bond acceptors (Lipinski definition) is 21. The Bertz CT molecular complexity index is 3540. The molecule has 3 saturated heterocycles. The molecule has 12 atom stereocenters. The molecule has 30 heteroatoms. The number of rotatable bonds is 25. The second-order valence-corrected chi connectivity index (χ2v) is 24.1. The fraction of sp³-hybridized carbons (Fsp3) is 0.483. The Hall–Kier alpha value is -7.11. The molecule has 3 aliphatic rings. The first kappa shape index (κ1) is 68.4. The number of nitrogens with one attached hydrogen (secondary N) is 3. The number of amides is 2. The van der Waals surface area contributed by atoms with Crippen molar-refractivity contribution in [1.82, 2.24) is 38.6 Å². The Balaban J connectivity index is 0.000000191. The van der Waals surface area contributed by atoms with E-state index in [1.54, 1.807) is 74.0 Å². The van der Waals surface area contributed by atoms with E-state index < -0.39 is 60.7 Å². The van der Waals surface area contributed by atoms with Crippen LogP contribution in [0.5, 0.6) is 0 Å². The maximum atomic E-state index is 12.7. The first-order valence-electron chi connectivity index (χ1n) is 28.6. The summed E-state index contributed by atoms with van der Waals surface area (Å²) in [6.07, 6.45) is 8.60. The number of benzene rings is 2. The molecule has 2 amide bonds. The number of ether oxygens (including phenoxy) is 3. The van der Waals surface area contributed by atoms with Gasteiger partial charge >= 0.3 is 11.4 Å². The lowest BCUT2D eigenvalue weighted by molar-refractivity contribution is -0.0344. The molecule has 6 aromatic rings. The SMILES string of the molecule is CC[C@@H]1C[C@H](OP(C)OCCC#N)[C@H](n2cc(C)c(=O)[nH]c2=O)O1.CC[C@@H]1C[C@H](OP(C)OCCC#N)[C@H](n2ccc(NC(=O)c3ccccc3)nc2=O)O1.CC[C@@H]1C[C@H](OP(C)OCCC#N)[C@H](n2cnc3c(NC(=O)c4ccccc4)ncnc32)O1. The number of aromatic nitrogens is 8. The molecule has 3 fully saturated rings. The number of carbonyl (C=O) groups is 2. The number of imidazole rings is 1. The molecule has 0 bridgehead atoms. The fourth-order valence-corrected chi connectivity index (χ4v) is 12.3. The summed E-state index contributed by atoms with van der Waals surface area (Å²) in [6, 6.07) is 25.3. The average molecular weight is 1270 g/mol. The molecule has 4 aromatic heterocycles. The summed E-state index contributed by atoms with van der Waals surface area (Å²) in [7, 11) is -3.58. The van der Waals surface area contributed by atoms with Crippen LogP contribution in [0, 0.1) is 40.9 Å². The molecule has 88 heavy (non-hydrogen) atoms. The predicted molar refractivity (Wildman–Crippen MR) is 327 cm³/mol. The van der Waals surface area contributed by atoms with Crippen LogP contribution in [-0.4, -0.2) is 127 Å². The Morgan fingerprint density at radius 3 is 1.55 bits per heavy atom. The summed E-state index contributed by atoms with van der Waals surface area (Å²) in [5.41, 5.74) is 0.952. The van der Waals surface area contributed by atoms with E-state index in [9.17, 15) is 24.0 Å². The lowest BCUT2D eigenvalue weighted by Gasteiger charge is -2.23. The average Bonchev–Trinajstić information content (AvgIpc) is 3.06. The van der Waals surface area contributed by atoms with Gasteiger partial charge in [0.25, 0.3) is 17.4 Å². The molecule has 468 valence electrons. The van der Waals surface area contributed by atoms with Crippen molar-refractivity contribution in [2.75, 3.05) is 50.4 Å². The summed E-state index contributed by atoms with van der Waals surface area (Å²) >= 11 is 0. The number of aromatic amines is 1. The van der Waals surface area contributed by atoms with E-state index in [4.69, 9.17) is 57.1 Å². The van der Waals surface area contributed by atoms with E-state index in [0.29, 0.717) is 85.6 Å². The first-order valence-corrected chi connectivity index (χ1v) is 33.4. The molecular weight excluding hydrogens is 1200 g/mol. The molecule has 0 radical (unpaired) electrons. The Morgan fingerprint density at radius 2 is 1.09 bits per heavy atom. The van der Waals surface area contributed by atoms with Crippen molar-refractivity contribution in [3.63, 3.8) is 0 Å². The van der Waals surface area contributed by atoms with Gasteiger partial charge in [0, 0.05) is 68.3 Å². The van der Waals surface area contributed by atoms with Crippen molar-refractivity contribution < 1.29 is 50.9 Å². The lowest BCUT2D eigenvalue weighted by atomic mass is 10.1. The van der Waals surface area contributed by atoms with Gasteiger partial charge in [0.1, 0.15) is 30.5 Å². The highest BCUT2D eigenvalue weighted by Gasteiger charge is 2.41. The minimum absolute atomic E-state index is 0.0263. The zero-order valence-corrected chi connectivity index (χ0v) is 52.6. The number of H-pyrrole nitrogens is 1. The Kier molecular flexibility index (Phi) is 26.9. The third-order valence-corrected chi connectivity index (χ3v) is 17.2. The summed E-state index contributed by atoms with van der Waals surface area (Å²) in [4.78, 5) is 80.6. The summed E-state index contributed by atoms with van der Waals surface area (Å²) in [5, 5.41) is 31.3. The number of nitrogens with zero attached hydrogens (tertiary/aromatic N) is 10. The van der Waals surface area contributed by atoms with Crippen LogP contribution in [0.1, 0.15) is 124 Å². The highest BCUT2D eigenvalue weighted by atomic mass is 31.2. The molecule has 3 unspecified atom stereocenters. The monoisotopic (exact) mass is 1270 g/mol. The molecule has 2 aromatic carbocycles. The second kappa shape index (κ2) is 34.6. The van der Waals surface area contributed by atoms with Gasteiger partial charge in [0.15, 0.2) is 60.8 Å². The van der Waals surface area contributed by atoms with Gasteiger partial charge in [-0.1, -0.05) is 57.2 Å². The van der Waals surface area contributed by atoms with Gasteiger partial charge in [0.05, 0.1) is 81.9 Å². The molecule has 7 heterocycles. The lowest BCUT2D eigenvalue weighted by Crippen LogP contribution is -2.36. The number of carbonyl (C=O) groups excluding carboxylic acids is 2. The number of aryl methyl sites for hydroxylation is 1. The third kappa shape index (κ3) is 19.2. The molecular formula is C58H72N13O14P3.